The van der Waals surface area contributed by atoms with Crippen LogP contribution < -0.4 is 11.4 Å². The monoisotopic (exact) mass is 980 g/mol. The lowest BCUT2D eigenvalue weighted by Crippen LogP contribution is -2.36. The molecule has 0 saturated carbocycles. The van der Waals surface area contributed by atoms with Crippen molar-refractivity contribution in [3.63, 3.8) is 0 Å². The number of hydrogen-bond donors (Lipinski definition) is 5. The fourth-order valence-electron chi connectivity index (χ4n) is 7.48. The molecule has 66 heavy (non-hydrogen) atoms. The van der Waals surface area contributed by atoms with Crippen LogP contribution in [0.4, 0.5) is 5.82 Å². The minimum Gasteiger partial charge on any atom is -0.462 e. The first-order chi connectivity index (χ1) is 31.7. The lowest BCUT2D eigenvalue weighted by Gasteiger charge is -2.21. The fraction of sp³-hybridized carbons (Fsp3) is 0.826. The molecule has 18 nitrogen and oxygen atoms in total. The van der Waals surface area contributed by atoms with Crippen molar-refractivity contribution in [1.29, 1.82) is 0 Å². The van der Waals surface area contributed by atoms with E-state index in [1.807, 2.05) is 0 Å². The van der Waals surface area contributed by atoms with Gasteiger partial charge in [0, 0.05) is 19.0 Å². The zero-order valence-electron chi connectivity index (χ0n) is 39.8. The highest BCUT2D eigenvalue weighted by Crippen LogP contribution is 2.60. The number of nitrogen functional groups attached to an aromatic ring is 1. The quantitative estimate of drug-likeness (QED) is 0.0177. The van der Waals surface area contributed by atoms with Crippen LogP contribution in [-0.4, -0.2) is 85.7 Å². The van der Waals surface area contributed by atoms with Gasteiger partial charge in [0.1, 0.15) is 30.7 Å². The summed E-state index contributed by atoms with van der Waals surface area (Å²) in [5, 5.41) is 20.9. The minimum atomic E-state index is -5.42. The van der Waals surface area contributed by atoms with Crippen LogP contribution in [0.15, 0.2) is 29.2 Å². The molecule has 2 rings (SSSR count). The van der Waals surface area contributed by atoms with Crippen LogP contribution in [0.2, 0.25) is 0 Å². The molecule has 382 valence electrons. The Morgan fingerprint density at radius 3 is 1.70 bits per heavy atom. The number of allylic oxidation sites excluding steroid dienone is 2. The summed E-state index contributed by atoms with van der Waals surface area (Å²) in [6, 6.07) is 1.25. The molecule has 0 radical (unpaired) electrons. The molecule has 0 amide bonds. The van der Waals surface area contributed by atoms with Gasteiger partial charge in [-0.1, -0.05) is 154 Å². The zero-order chi connectivity index (χ0) is 48.5. The molecule has 1 aromatic heterocycles. The van der Waals surface area contributed by atoms with Crippen LogP contribution in [0.1, 0.15) is 200 Å². The van der Waals surface area contributed by atoms with E-state index in [2.05, 4.69) is 35.3 Å². The maximum atomic E-state index is 12.8. The molecular formula is C46H83N3O15P2. The summed E-state index contributed by atoms with van der Waals surface area (Å²) in [7, 11) is -10.8. The minimum absolute atomic E-state index is 0.0443. The molecule has 1 fully saturated rings. The van der Waals surface area contributed by atoms with Crippen molar-refractivity contribution in [3.8, 4) is 0 Å². The number of carbonyl (C=O) groups is 2. The number of esters is 2. The van der Waals surface area contributed by atoms with Crippen molar-refractivity contribution in [1.82, 2.24) is 9.55 Å². The number of phosphoric ester groups is 2. The van der Waals surface area contributed by atoms with Crippen LogP contribution in [-0.2, 0) is 46.3 Å². The summed E-state index contributed by atoms with van der Waals surface area (Å²) in [5.74, 6) is -1.29. The van der Waals surface area contributed by atoms with Crippen molar-refractivity contribution in [3.05, 3.63) is 34.9 Å². The average Bonchev–Trinajstić information content (AvgIpc) is 3.55. The predicted molar refractivity (Wildman–Crippen MR) is 252 cm³/mol. The third-order valence-electron chi connectivity index (χ3n) is 11.4. The second-order valence-electron chi connectivity index (χ2n) is 17.3. The number of carbonyl (C=O) groups excluding carboxylic acids is 2. The molecule has 0 aromatic carbocycles. The Kier molecular flexibility index (Phi) is 32.2. The van der Waals surface area contributed by atoms with E-state index in [0.717, 1.165) is 68.8 Å². The summed E-state index contributed by atoms with van der Waals surface area (Å²) in [4.78, 5) is 61.8. The van der Waals surface area contributed by atoms with Crippen molar-refractivity contribution < 1.29 is 66.3 Å². The van der Waals surface area contributed by atoms with Crippen molar-refractivity contribution in [2.75, 3.05) is 25.6 Å². The summed E-state index contributed by atoms with van der Waals surface area (Å²) < 4.78 is 56.7. The Bertz CT molecular complexity index is 1650. The van der Waals surface area contributed by atoms with Crippen LogP contribution in [0.25, 0.3) is 0 Å². The first-order valence-electron chi connectivity index (χ1n) is 24.7. The summed E-state index contributed by atoms with van der Waals surface area (Å²) >= 11 is 0. The molecule has 2 heterocycles. The van der Waals surface area contributed by atoms with Gasteiger partial charge in [-0.25, -0.2) is 13.9 Å². The molecule has 6 N–H and O–H groups in total. The Hall–Kier alpha value is -2.50. The van der Waals surface area contributed by atoms with Gasteiger partial charge < -0.3 is 39.9 Å². The fourth-order valence-corrected chi connectivity index (χ4v) is 9.60. The number of nitrogens with zero attached hydrogens (tertiary/aromatic N) is 2. The first-order valence-corrected chi connectivity index (χ1v) is 27.7. The van der Waals surface area contributed by atoms with E-state index in [0.29, 0.717) is 12.8 Å². The van der Waals surface area contributed by atoms with Crippen molar-refractivity contribution in [2.24, 2.45) is 0 Å². The number of hydrogen-bond acceptors (Lipinski definition) is 15. The van der Waals surface area contributed by atoms with E-state index >= 15 is 0 Å². The number of aromatic nitrogens is 2. The van der Waals surface area contributed by atoms with Crippen LogP contribution in [0, 0.1) is 0 Å². The van der Waals surface area contributed by atoms with Gasteiger partial charge in [-0.05, 0) is 44.6 Å². The number of unbranched alkanes of at least 4 members (excludes halogenated alkanes) is 23. The largest absolute Gasteiger partial charge is 0.481 e. The summed E-state index contributed by atoms with van der Waals surface area (Å²) in [6.07, 6.45) is 27.2. The van der Waals surface area contributed by atoms with E-state index in [9.17, 15) is 43.5 Å². The number of rotatable bonds is 41. The van der Waals surface area contributed by atoms with Crippen LogP contribution in [0.5, 0.6) is 0 Å². The third-order valence-corrected chi connectivity index (χ3v) is 14.0. The van der Waals surface area contributed by atoms with Crippen LogP contribution in [0.3, 0.4) is 0 Å². The normalized spacial score (nSPS) is 19.7. The standard InChI is InChI=1S/C46H83N3O15P2/c1-3-5-7-9-11-13-15-17-18-20-22-24-26-28-30-32-42(51)62-38(35-59-41(50)31-29-27-25-23-21-19-16-14-12-10-8-6-4-2)36-60-65(55,56)64-66(57,58)61-37-39-43(52)44(53)45(63-39)49-34-33-40(47)48-46(49)54/h17-18,33-34,38-39,43-45,52-53H,3-16,19-32,35-37H2,1-2H3,(H,55,56)(H,57,58)(H2,47,48,54)/t38-,39-,43+,44?,45-/m1/s1. The van der Waals surface area contributed by atoms with E-state index in [4.69, 9.17) is 29.0 Å². The highest BCUT2D eigenvalue weighted by molar-refractivity contribution is 7.61. The second kappa shape index (κ2) is 35.6. The SMILES string of the molecule is CCCCCCCCC=CCCCCCCCC(=O)O[C@H](COC(=O)CCCCCCCCCCCCCCC)COP(=O)(O)OP(=O)(O)OC[C@H]1O[C@@H](n2ccc(N)nc2=O)C(O)[C@H]1O. The number of anilines is 1. The molecular weight excluding hydrogens is 896 g/mol. The van der Waals surface area contributed by atoms with Gasteiger partial charge in [-0.3, -0.25) is 23.2 Å². The topological polar surface area (TPSA) is 265 Å². The van der Waals surface area contributed by atoms with Gasteiger partial charge in [0.05, 0.1) is 13.2 Å². The lowest BCUT2D eigenvalue weighted by atomic mass is 10.0. The second-order valence-corrected chi connectivity index (χ2v) is 20.4. The van der Waals surface area contributed by atoms with Gasteiger partial charge in [-0.2, -0.15) is 9.29 Å². The molecule has 1 aliphatic rings. The highest BCUT2D eigenvalue weighted by Gasteiger charge is 2.46. The molecule has 1 aliphatic heterocycles. The molecule has 0 aliphatic carbocycles. The van der Waals surface area contributed by atoms with Gasteiger partial charge in [0.25, 0.3) is 0 Å². The van der Waals surface area contributed by atoms with E-state index < -0.39 is 83.7 Å². The lowest BCUT2D eigenvalue weighted by molar-refractivity contribution is -0.161. The Morgan fingerprint density at radius 2 is 1.18 bits per heavy atom. The molecule has 20 heteroatoms. The van der Waals surface area contributed by atoms with Gasteiger partial charge in [-0.15, -0.1) is 0 Å². The van der Waals surface area contributed by atoms with Gasteiger partial charge in [0.2, 0.25) is 0 Å². The number of aliphatic hydroxyl groups excluding tert-OH is 2. The van der Waals surface area contributed by atoms with Gasteiger partial charge in [0.15, 0.2) is 12.3 Å². The number of aliphatic hydroxyl groups is 2. The van der Waals surface area contributed by atoms with Gasteiger partial charge >= 0.3 is 33.3 Å². The zero-order valence-corrected chi connectivity index (χ0v) is 41.6. The summed E-state index contributed by atoms with van der Waals surface area (Å²) in [5.41, 5.74) is 4.59. The summed E-state index contributed by atoms with van der Waals surface area (Å²) in [6.45, 7) is 2.15. The van der Waals surface area contributed by atoms with E-state index in [1.54, 1.807) is 0 Å². The average molecular weight is 980 g/mol. The number of phosphoric acid groups is 2. The molecule has 3 unspecified atom stereocenters. The van der Waals surface area contributed by atoms with E-state index in [1.165, 1.54) is 102 Å². The third kappa shape index (κ3) is 28.1. The van der Waals surface area contributed by atoms with Crippen LogP contribution >= 0.6 is 15.6 Å². The smallest absolute Gasteiger partial charge is 0.462 e. The Balaban J connectivity index is 1.81. The maximum Gasteiger partial charge on any atom is 0.481 e. The highest BCUT2D eigenvalue weighted by atomic mass is 31.3. The molecule has 0 bridgehead atoms. The van der Waals surface area contributed by atoms with E-state index in [-0.39, 0.29) is 18.7 Å². The Morgan fingerprint density at radius 1 is 0.712 bits per heavy atom. The molecule has 1 aromatic rings. The number of nitrogens with two attached hydrogens (primary N) is 1. The predicted octanol–water partition coefficient (Wildman–Crippen LogP) is 9.67. The maximum absolute atomic E-state index is 12.8. The number of ether oxygens (including phenoxy) is 3. The molecule has 7 atom stereocenters. The van der Waals surface area contributed by atoms with Crippen molar-refractivity contribution >= 4 is 33.4 Å². The first kappa shape index (κ1) is 59.6. The molecule has 0 spiro atoms. The Labute approximate surface area is 392 Å². The molecule has 1 saturated heterocycles. The van der Waals surface area contributed by atoms with Crippen molar-refractivity contribution in [2.45, 2.75) is 224 Å².